The van der Waals surface area contributed by atoms with Crippen LogP contribution in [0.3, 0.4) is 0 Å². The van der Waals surface area contributed by atoms with E-state index in [-0.39, 0.29) is 5.92 Å². The first-order valence-electron chi connectivity index (χ1n) is 5.13. The molecule has 0 unspecified atom stereocenters. The predicted molar refractivity (Wildman–Crippen MR) is 64.3 cm³/mol. The minimum Gasteiger partial charge on any atom is -0.392 e. The minimum absolute atomic E-state index is 0.212. The molecule has 1 aliphatic heterocycles. The summed E-state index contributed by atoms with van der Waals surface area (Å²) in [5, 5.41) is 19.0. The monoisotopic (exact) mass is 234 g/mol. The molecule has 16 heavy (non-hydrogen) atoms. The first-order valence-corrected chi connectivity index (χ1v) is 5.94. The van der Waals surface area contributed by atoms with Crippen molar-refractivity contribution in [2.45, 2.75) is 26.2 Å². The second-order valence-electron chi connectivity index (χ2n) is 3.58. The molecule has 1 heterocycles. The van der Waals surface area contributed by atoms with Gasteiger partial charge in [-0.1, -0.05) is 31.5 Å². The van der Waals surface area contributed by atoms with Gasteiger partial charge in [0.1, 0.15) is 0 Å². The van der Waals surface area contributed by atoms with Gasteiger partial charge in [-0.2, -0.15) is 10.5 Å². The zero-order chi connectivity index (χ0) is 12.1. The third-order valence-electron chi connectivity index (χ3n) is 2.54. The summed E-state index contributed by atoms with van der Waals surface area (Å²) in [5.74, 6) is -0.212. The lowest BCUT2D eigenvalue weighted by Crippen LogP contribution is -2.19. The van der Waals surface area contributed by atoms with Crippen molar-refractivity contribution in [3.63, 3.8) is 0 Å². The Morgan fingerprint density at radius 3 is 2.06 bits per heavy atom. The smallest absolute Gasteiger partial charge is 0.0981 e. The maximum absolute atomic E-state index is 9.06. The number of nitriles is 2. The molecule has 84 valence electrons. The molecule has 0 aromatic rings. The molecule has 5 heteroatoms. The normalized spacial score (nSPS) is 17.2. The van der Waals surface area contributed by atoms with Gasteiger partial charge in [0.15, 0.2) is 0 Å². The third kappa shape index (κ3) is 2.32. The Bertz CT molecular complexity index is 386. The van der Waals surface area contributed by atoms with Crippen LogP contribution in [0.1, 0.15) is 26.2 Å². The van der Waals surface area contributed by atoms with Crippen LogP contribution >= 0.6 is 11.8 Å². The van der Waals surface area contributed by atoms with Gasteiger partial charge >= 0.3 is 0 Å². The van der Waals surface area contributed by atoms with Crippen LogP contribution in [0.2, 0.25) is 0 Å². The van der Waals surface area contributed by atoms with E-state index in [1.165, 1.54) is 0 Å². The third-order valence-corrected chi connectivity index (χ3v) is 3.41. The molecule has 0 aliphatic carbocycles. The van der Waals surface area contributed by atoms with E-state index in [1.807, 2.05) is 0 Å². The SMILES string of the molecule is CCCCC1C(C#N)=C(N)SC(N)=C1C#N. The van der Waals surface area contributed by atoms with Gasteiger partial charge in [0, 0.05) is 5.92 Å². The zero-order valence-corrected chi connectivity index (χ0v) is 9.97. The van der Waals surface area contributed by atoms with Crippen LogP contribution < -0.4 is 11.5 Å². The highest BCUT2D eigenvalue weighted by atomic mass is 32.2. The van der Waals surface area contributed by atoms with Gasteiger partial charge < -0.3 is 11.5 Å². The average Bonchev–Trinajstić information content (AvgIpc) is 2.26. The number of nitrogens with zero attached hydrogens (tertiary/aromatic N) is 2. The lowest BCUT2D eigenvalue weighted by atomic mass is 9.88. The number of hydrogen-bond donors (Lipinski definition) is 2. The number of allylic oxidation sites excluding steroid dienone is 2. The maximum atomic E-state index is 9.06. The molecule has 0 amide bonds. The summed E-state index contributed by atoms with van der Waals surface area (Å²) in [7, 11) is 0. The molecular formula is C11H14N4S. The summed E-state index contributed by atoms with van der Waals surface area (Å²) in [4.78, 5) is 0. The van der Waals surface area contributed by atoms with Crippen LogP contribution in [0.4, 0.5) is 0 Å². The van der Waals surface area contributed by atoms with Crippen molar-refractivity contribution in [3.05, 3.63) is 21.2 Å². The molecule has 1 aliphatic rings. The standard InChI is InChI=1S/C11H14N4S/c1-2-3-4-7-8(5-12)10(14)16-11(15)9(7)6-13/h7H,2-4,14-15H2,1H3. The fourth-order valence-corrected chi connectivity index (χ4v) is 2.51. The molecule has 0 atom stereocenters. The highest BCUT2D eigenvalue weighted by Gasteiger charge is 2.28. The van der Waals surface area contributed by atoms with Crippen molar-refractivity contribution in [1.29, 1.82) is 10.5 Å². The molecule has 0 aromatic heterocycles. The molecular weight excluding hydrogens is 220 g/mol. The summed E-state index contributed by atoms with van der Waals surface area (Å²) >= 11 is 1.11. The van der Waals surface area contributed by atoms with Crippen molar-refractivity contribution < 1.29 is 0 Å². The fraction of sp³-hybridized carbons (Fsp3) is 0.455. The lowest BCUT2D eigenvalue weighted by molar-refractivity contribution is 0.608. The Morgan fingerprint density at radius 1 is 1.19 bits per heavy atom. The summed E-state index contributed by atoms with van der Waals surface area (Å²) in [5.41, 5.74) is 12.5. The van der Waals surface area contributed by atoms with Gasteiger partial charge in [0.25, 0.3) is 0 Å². The van der Waals surface area contributed by atoms with Crippen LogP contribution in [0.15, 0.2) is 21.2 Å². The van der Waals surface area contributed by atoms with Crippen molar-refractivity contribution in [3.8, 4) is 12.1 Å². The van der Waals surface area contributed by atoms with Gasteiger partial charge in [-0.3, -0.25) is 0 Å². The van der Waals surface area contributed by atoms with Crippen LogP contribution in [0.25, 0.3) is 0 Å². The molecule has 0 aromatic carbocycles. The maximum Gasteiger partial charge on any atom is 0.0981 e. The summed E-state index contributed by atoms with van der Waals surface area (Å²) < 4.78 is 0. The van der Waals surface area contributed by atoms with Gasteiger partial charge in [0.05, 0.1) is 33.3 Å². The van der Waals surface area contributed by atoms with E-state index in [1.54, 1.807) is 0 Å². The second-order valence-corrected chi connectivity index (χ2v) is 4.66. The number of rotatable bonds is 3. The van der Waals surface area contributed by atoms with Crippen molar-refractivity contribution in [2.75, 3.05) is 0 Å². The van der Waals surface area contributed by atoms with Crippen LogP contribution in [0, 0.1) is 28.6 Å². The molecule has 0 spiro atoms. The zero-order valence-electron chi connectivity index (χ0n) is 9.16. The summed E-state index contributed by atoms with van der Waals surface area (Å²) in [6.45, 7) is 2.07. The molecule has 0 saturated heterocycles. The van der Waals surface area contributed by atoms with E-state index in [9.17, 15) is 0 Å². The Morgan fingerprint density at radius 2 is 1.69 bits per heavy atom. The lowest BCUT2D eigenvalue weighted by Gasteiger charge is -2.22. The Balaban J connectivity index is 3.07. The number of hydrogen-bond acceptors (Lipinski definition) is 5. The Kier molecular flexibility index (Phi) is 4.28. The molecule has 1 rings (SSSR count). The van der Waals surface area contributed by atoms with E-state index in [2.05, 4.69) is 19.1 Å². The first kappa shape index (κ1) is 12.5. The topological polar surface area (TPSA) is 99.6 Å². The van der Waals surface area contributed by atoms with Crippen LogP contribution in [-0.2, 0) is 0 Å². The number of thioether (sulfide) groups is 1. The number of nitrogens with two attached hydrogens (primary N) is 2. The molecule has 4 nitrogen and oxygen atoms in total. The first-order chi connectivity index (χ1) is 7.65. The quantitative estimate of drug-likeness (QED) is 0.777. The average molecular weight is 234 g/mol. The van der Waals surface area contributed by atoms with Gasteiger partial charge in [-0.15, -0.1) is 0 Å². The molecule has 0 bridgehead atoms. The Hall–Kier alpha value is -1.59. The summed E-state index contributed by atoms with van der Waals surface area (Å²) in [6, 6.07) is 4.18. The van der Waals surface area contributed by atoms with Crippen LogP contribution in [-0.4, -0.2) is 0 Å². The molecule has 0 radical (unpaired) electrons. The van der Waals surface area contributed by atoms with E-state index in [0.717, 1.165) is 31.0 Å². The van der Waals surface area contributed by atoms with Gasteiger partial charge in [-0.05, 0) is 6.42 Å². The molecule has 0 fully saturated rings. The van der Waals surface area contributed by atoms with Crippen molar-refractivity contribution in [1.82, 2.24) is 0 Å². The Labute approximate surface area is 99.6 Å². The predicted octanol–water partition coefficient (Wildman–Crippen LogP) is 1.93. The van der Waals surface area contributed by atoms with E-state index >= 15 is 0 Å². The van der Waals surface area contributed by atoms with E-state index in [4.69, 9.17) is 22.0 Å². The fourth-order valence-electron chi connectivity index (χ4n) is 1.68. The van der Waals surface area contributed by atoms with Gasteiger partial charge in [0.2, 0.25) is 0 Å². The van der Waals surface area contributed by atoms with Gasteiger partial charge in [-0.25, -0.2) is 0 Å². The number of unbranched alkanes of at least 4 members (excludes halogenated alkanes) is 1. The van der Waals surface area contributed by atoms with Crippen molar-refractivity contribution >= 4 is 11.8 Å². The highest BCUT2D eigenvalue weighted by Crippen LogP contribution is 2.39. The van der Waals surface area contributed by atoms with E-state index < -0.39 is 0 Å². The van der Waals surface area contributed by atoms with Crippen LogP contribution in [0.5, 0.6) is 0 Å². The largest absolute Gasteiger partial charge is 0.392 e. The van der Waals surface area contributed by atoms with Crippen molar-refractivity contribution in [2.24, 2.45) is 17.4 Å². The minimum atomic E-state index is -0.212. The summed E-state index contributed by atoms with van der Waals surface area (Å²) in [6.07, 6.45) is 2.72. The molecule has 0 saturated carbocycles. The highest BCUT2D eigenvalue weighted by molar-refractivity contribution is 8.06. The van der Waals surface area contributed by atoms with E-state index in [0.29, 0.717) is 21.2 Å². The second kappa shape index (κ2) is 5.48. The molecule has 4 N–H and O–H groups in total.